The van der Waals surface area contributed by atoms with Gasteiger partial charge in [-0.1, -0.05) is 0 Å². The number of rotatable bonds is 6. The van der Waals surface area contributed by atoms with E-state index in [1.807, 2.05) is 0 Å². The molecule has 0 spiro atoms. The van der Waals surface area contributed by atoms with E-state index in [1.54, 1.807) is 0 Å². The fourth-order valence-electron chi connectivity index (χ4n) is 2.22. The summed E-state index contributed by atoms with van der Waals surface area (Å²) >= 11 is 0. The normalized spacial score (nSPS) is 27.0. The summed E-state index contributed by atoms with van der Waals surface area (Å²) in [7, 11) is 0. The third kappa shape index (κ3) is 5.78. The molecule has 24 heavy (non-hydrogen) atoms. The topological polar surface area (TPSA) is 135 Å². The SMILES string of the molecule is CC(=O)OC[C@@H](OC(C)=O)[C@@H]1OC(O)[C@H](OC(C)=O)[C@H]1OC(C)=O. The van der Waals surface area contributed by atoms with Crippen LogP contribution in [0.1, 0.15) is 27.7 Å². The highest BCUT2D eigenvalue weighted by molar-refractivity contribution is 5.68. The molecule has 0 aromatic carbocycles. The largest absolute Gasteiger partial charge is 0.462 e. The summed E-state index contributed by atoms with van der Waals surface area (Å²) in [4.78, 5) is 44.7. The van der Waals surface area contributed by atoms with Crippen LogP contribution in [0.3, 0.4) is 0 Å². The van der Waals surface area contributed by atoms with Gasteiger partial charge in [0.1, 0.15) is 12.7 Å². The smallest absolute Gasteiger partial charge is 0.303 e. The molecule has 1 unspecified atom stereocenters. The number of esters is 4. The molecule has 0 amide bonds. The maximum Gasteiger partial charge on any atom is 0.303 e. The zero-order valence-electron chi connectivity index (χ0n) is 13.7. The predicted octanol–water partition coefficient (Wildman–Crippen LogP) is -0.938. The Morgan fingerprint density at radius 1 is 0.917 bits per heavy atom. The highest BCUT2D eigenvalue weighted by atomic mass is 16.7. The van der Waals surface area contributed by atoms with Gasteiger partial charge in [0.05, 0.1) is 0 Å². The van der Waals surface area contributed by atoms with Crippen molar-refractivity contribution in [1.29, 1.82) is 0 Å². The monoisotopic (exact) mass is 348 g/mol. The molecule has 0 aromatic rings. The molecule has 1 rings (SSSR count). The third-order valence-corrected chi connectivity index (χ3v) is 2.96. The summed E-state index contributed by atoms with van der Waals surface area (Å²) < 4.78 is 25.0. The van der Waals surface area contributed by atoms with Gasteiger partial charge < -0.3 is 28.8 Å². The van der Waals surface area contributed by atoms with Gasteiger partial charge in [-0.3, -0.25) is 19.2 Å². The lowest BCUT2D eigenvalue weighted by Crippen LogP contribution is -2.46. The maximum atomic E-state index is 11.3. The molecule has 0 radical (unpaired) electrons. The summed E-state index contributed by atoms with van der Waals surface area (Å²) in [5.74, 6) is -2.80. The maximum absolute atomic E-state index is 11.3. The predicted molar refractivity (Wildman–Crippen MR) is 74.2 cm³/mol. The molecule has 1 heterocycles. The quantitative estimate of drug-likeness (QED) is 0.473. The van der Waals surface area contributed by atoms with Crippen molar-refractivity contribution in [3.8, 4) is 0 Å². The Morgan fingerprint density at radius 2 is 1.46 bits per heavy atom. The van der Waals surface area contributed by atoms with Gasteiger partial charge in [-0.15, -0.1) is 0 Å². The first-order valence-electron chi connectivity index (χ1n) is 7.10. The van der Waals surface area contributed by atoms with Crippen LogP contribution in [-0.2, 0) is 42.9 Å². The molecule has 1 N–H and O–H groups in total. The van der Waals surface area contributed by atoms with Crippen LogP contribution in [0.2, 0.25) is 0 Å². The highest BCUT2D eigenvalue weighted by Crippen LogP contribution is 2.29. The molecule has 1 fully saturated rings. The number of ether oxygens (including phenoxy) is 5. The molecule has 1 saturated heterocycles. The minimum Gasteiger partial charge on any atom is -0.462 e. The second kappa shape index (κ2) is 8.60. The van der Waals surface area contributed by atoms with Crippen molar-refractivity contribution in [1.82, 2.24) is 0 Å². The van der Waals surface area contributed by atoms with E-state index in [1.165, 1.54) is 0 Å². The molecule has 0 aliphatic carbocycles. The first-order valence-corrected chi connectivity index (χ1v) is 7.10. The lowest BCUT2D eigenvalue weighted by atomic mass is 10.1. The molecular formula is C14H20O10. The van der Waals surface area contributed by atoms with Crippen molar-refractivity contribution < 1.29 is 48.0 Å². The zero-order chi connectivity index (χ0) is 18.4. The number of hydrogen-bond donors (Lipinski definition) is 1. The van der Waals surface area contributed by atoms with Crippen LogP contribution in [0.5, 0.6) is 0 Å². The van der Waals surface area contributed by atoms with Gasteiger partial charge in [-0.2, -0.15) is 0 Å². The summed E-state index contributed by atoms with van der Waals surface area (Å²) in [6.45, 7) is 4.10. The fraction of sp³-hybridized carbons (Fsp3) is 0.714. The Hall–Kier alpha value is -2.20. The Balaban J connectivity index is 3.03. The number of carbonyl (C=O) groups excluding carboxylic acids is 4. The van der Waals surface area contributed by atoms with E-state index >= 15 is 0 Å². The van der Waals surface area contributed by atoms with Gasteiger partial charge in [-0.05, 0) is 0 Å². The molecule has 5 atom stereocenters. The summed E-state index contributed by atoms with van der Waals surface area (Å²) in [5, 5.41) is 9.91. The zero-order valence-corrected chi connectivity index (χ0v) is 13.7. The Labute approximate surface area is 137 Å². The molecular weight excluding hydrogens is 328 g/mol. The Morgan fingerprint density at radius 3 is 1.92 bits per heavy atom. The van der Waals surface area contributed by atoms with Crippen molar-refractivity contribution in [2.75, 3.05) is 6.61 Å². The van der Waals surface area contributed by atoms with E-state index in [9.17, 15) is 24.3 Å². The van der Waals surface area contributed by atoms with E-state index in [2.05, 4.69) is 0 Å². The molecule has 0 saturated carbocycles. The van der Waals surface area contributed by atoms with E-state index in [0.29, 0.717) is 0 Å². The van der Waals surface area contributed by atoms with Crippen LogP contribution in [0.25, 0.3) is 0 Å². The molecule has 0 bridgehead atoms. The van der Waals surface area contributed by atoms with Crippen LogP contribution in [-0.4, -0.2) is 66.3 Å². The van der Waals surface area contributed by atoms with Gasteiger partial charge in [0.15, 0.2) is 24.6 Å². The molecule has 10 nitrogen and oxygen atoms in total. The van der Waals surface area contributed by atoms with Crippen LogP contribution < -0.4 is 0 Å². The molecule has 1 aliphatic heterocycles. The van der Waals surface area contributed by atoms with Crippen molar-refractivity contribution in [3.63, 3.8) is 0 Å². The second-order valence-corrected chi connectivity index (χ2v) is 5.09. The number of hydrogen-bond acceptors (Lipinski definition) is 10. The highest BCUT2D eigenvalue weighted by Gasteiger charge is 2.52. The minimum absolute atomic E-state index is 0.392. The van der Waals surface area contributed by atoms with E-state index < -0.39 is 61.2 Å². The van der Waals surface area contributed by atoms with Gasteiger partial charge in [-0.25, -0.2) is 0 Å². The van der Waals surface area contributed by atoms with Gasteiger partial charge in [0, 0.05) is 27.7 Å². The fourth-order valence-corrected chi connectivity index (χ4v) is 2.22. The van der Waals surface area contributed by atoms with Crippen molar-refractivity contribution in [2.24, 2.45) is 0 Å². The van der Waals surface area contributed by atoms with E-state index in [0.717, 1.165) is 27.7 Å². The lowest BCUT2D eigenvalue weighted by molar-refractivity contribution is -0.184. The van der Waals surface area contributed by atoms with Crippen LogP contribution in [0, 0.1) is 0 Å². The first kappa shape index (κ1) is 19.8. The molecule has 0 aromatic heterocycles. The molecule has 10 heteroatoms. The van der Waals surface area contributed by atoms with Crippen LogP contribution in [0.4, 0.5) is 0 Å². The molecule has 1 aliphatic rings. The molecule has 136 valence electrons. The van der Waals surface area contributed by atoms with Crippen molar-refractivity contribution >= 4 is 23.9 Å². The van der Waals surface area contributed by atoms with E-state index in [4.69, 9.17) is 23.7 Å². The minimum atomic E-state index is -1.61. The van der Waals surface area contributed by atoms with Gasteiger partial charge in [0.2, 0.25) is 0 Å². The first-order chi connectivity index (χ1) is 11.1. The summed E-state index contributed by atoms with van der Waals surface area (Å²) in [6, 6.07) is 0. The van der Waals surface area contributed by atoms with Gasteiger partial charge in [0.25, 0.3) is 0 Å². The van der Waals surface area contributed by atoms with Crippen LogP contribution in [0.15, 0.2) is 0 Å². The average Bonchev–Trinajstić information content (AvgIpc) is 2.70. The standard InChI is InChI=1S/C14H20O10/c1-6(15)20-5-10(21-7(2)16)11-12(22-8(3)17)13(14(19)24-11)23-9(4)18/h10-14,19H,5H2,1-4H3/t10-,11+,12+,13-,14?/m1/s1. The van der Waals surface area contributed by atoms with E-state index in [-0.39, 0.29) is 0 Å². The van der Waals surface area contributed by atoms with Crippen LogP contribution >= 0.6 is 0 Å². The van der Waals surface area contributed by atoms with Crippen molar-refractivity contribution in [3.05, 3.63) is 0 Å². The lowest BCUT2D eigenvalue weighted by Gasteiger charge is -2.27. The number of aliphatic hydroxyl groups excluding tert-OH is 1. The van der Waals surface area contributed by atoms with Crippen molar-refractivity contribution in [2.45, 2.75) is 58.4 Å². The summed E-state index contributed by atoms with van der Waals surface area (Å²) in [5.41, 5.74) is 0. The third-order valence-electron chi connectivity index (χ3n) is 2.96. The number of carbonyl (C=O) groups is 4. The average molecular weight is 348 g/mol. The summed E-state index contributed by atoms with van der Waals surface area (Å²) in [6.07, 6.45) is -6.55. The number of aliphatic hydroxyl groups is 1. The Kier molecular flexibility index (Phi) is 7.11. The van der Waals surface area contributed by atoms with Gasteiger partial charge >= 0.3 is 23.9 Å². The second-order valence-electron chi connectivity index (χ2n) is 5.09. The Bertz CT molecular complexity index is 502.